The first-order chi connectivity index (χ1) is 17.6. The van der Waals surface area contributed by atoms with Gasteiger partial charge in [-0.25, -0.2) is 4.98 Å². The van der Waals surface area contributed by atoms with Crippen LogP contribution in [0.2, 0.25) is 0 Å². The van der Waals surface area contributed by atoms with Gasteiger partial charge in [-0.2, -0.15) is 44.3 Å². The number of rotatable bonds is 5. The van der Waals surface area contributed by atoms with E-state index in [9.17, 15) is 39.5 Å². The van der Waals surface area contributed by atoms with Crippen LogP contribution >= 0.6 is 0 Å². The van der Waals surface area contributed by atoms with Gasteiger partial charge in [0, 0.05) is 12.6 Å². The van der Waals surface area contributed by atoms with Gasteiger partial charge in [0.05, 0.1) is 35.6 Å². The minimum atomic E-state index is -5.08. The normalized spacial score (nSPS) is 18.2. The van der Waals surface area contributed by atoms with Crippen LogP contribution in [0, 0.1) is 0 Å². The number of nitrogens with zero attached hydrogens (tertiary/aromatic N) is 6. The highest BCUT2D eigenvalue weighted by Crippen LogP contribution is 2.42. The molecule has 4 rings (SSSR count). The second-order valence-electron chi connectivity index (χ2n) is 8.75. The molecule has 16 heteroatoms. The topological polar surface area (TPSA) is 71.8 Å². The minimum absolute atomic E-state index is 0.00147. The Morgan fingerprint density at radius 2 is 1.58 bits per heavy atom. The monoisotopic (exact) mass is 553 g/mol. The van der Waals surface area contributed by atoms with Gasteiger partial charge in [-0.3, -0.25) is 0 Å². The molecule has 1 aliphatic heterocycles. The van der Waals surface area contributed by atoms with E-state index in [1.54, 1.807) is 0 Å². The SMILES string of the molecule is CC[C@@H]1C[C@H](N(Cc2cc(C(F)(F)F)cc(C(F)(F)F)c2)c2nnn(C)n2)c2nc(C(F)(F)F)ccc2N1. The van der Waals surface area contributed by atoms with Gasteiger partial charge >= 0.3 is 18.5 Å². The summed E-state index contributed by atoms with van der Waals surface area (Å²) in [5.41, 5.74) is -4.51. The fourth-order valence-electron chi connectivity index (χ4n) is 4.23. The largest absolute Gasteiger partial charge is 0.433 e. The third kappa shape index (κ3) is 5.78. The third-order valence-corrected chi connectivity index (χ3v) is 6.02. The van der Waals surface area contributed by atoms with Gasteiger partial charge in [-0.1, -0.05) is 12.0 Å². The number of aromatic nitrogens is 5. The molecule has 0 spiro atoms. The van der Waals surface area contributed by atoms with E-state index in [0.29, 0.717) is 18.6 Å². The lowest BCUT2D eigenvalue weighted by atomic mass is 9.93. The van der Waals surface area contributed by atoms with E-state index in [2.05, 4.69) is 25.7 Å². The second kappa shape index (κ2) is 9.62. The number of tetrazole rings is 1. The number of fused-ring (bicyclic) bond motifs is 1. The van der Waals surface area contributed by atoms with Crippen LogP contribution in [0.3, 0.4) is 0 Å². The first kappa shape index (κ1) is 27.4. The highest BCUT2D eigenvalue weighted by atomic mass is 19.4. The number of alkyl halides is 9. The zero-order chi connectivity index (χ0) is 28.0. The number of anilines is 2. The fraction of sp³-hybridized carbons (Fsp3) is 0.455. The fourth-order valence-corrected chi connectivity index (χ4v) is 4.23. The summed E-state index contributed by atoms with van der Waals surface area (Å²) in [6.07, 6.45) is -14.3. The smallest absolute Gasteiger partial charge is 0.381 e. The molecular weight excluding hydrogens is 533 g/mol. The van der Waals surface area contributed by atoms with Crippen molar-refractivity contribution in [3.63, 3.8) is 0 Å². The van der Waals surface area contributed by atoms with E-state index in [0.717, 1.165) is 10.9 Å². The van der Waals surface area contributed by atoms with E-state index in [1.807, 2.05) is 6.92 Å². The van der Waals surface area contributed by atoms with Crippen LogP contribution < -0.4 is 10.2 Å². The van der Waals surface area contributed by atoms with Crippen molar-refractivity contribution in [3.8, 4) is 0 Å². The lowest BCUT2D eigenvalue weighted by Crippen LogP contribution is -2.39. The Morgan fingerprint density at radius 3 is 2.08 bits per heavy atom. The molecule has 3 aromatic rings. The van der Waals surface area contributed by atoms with Crippen LogP contribution in [0.4, 0.5) is 51.1 Å². The molecule has 38 heavy (non-hydrogen) atoms. The summed E-state index contributed by atoms with van der Waals surface area (Å²) in [6, 6.07) is 1.75. The molecule has 7 nitrogen and oxygen atoms in total. The molecule has 0 unspecified atom stereocenters. The molecule has 1 aliphatic rings. The molecule has 1 N–H and O–H groups in total. The third-order valence-electron chi connectivity index (χ3n) is 6.02. The summed E-state index contributed by atoms with van der Waals surface area (Å²) in [5.74, 6) is -0.203. The maximum absolute atomic E-state index is 13.5. The number of nitrogens with one attached hydrogen (secondary N) is 1. The Morgan fingerprint density at radius 1 is 0.947 bits per heavy atom. The number of hydrogen-bond acceptors (Lipinski definition) is 6. The molecule has 0 bridgehead atoms. The lowest BCUT2D eigenvalue weighted by molar-refractivity contribution is -0.143. The first-order valence-electron chi connectivity index (χ1n) is 11.2. The van der Waals surface area contributed by atoms with E-state index in [-0.39, 0.29) is 35.9 Å². The molecule has 0 amide bonds. The summed E-state index contributed by atoms with van der Waals surface area (Å²) in [5, 5.41) is 14.6. The minimum Gasteiger partial charge on any atom is -0.381 e. The van der Waals surface area contributed by atoms with Crippen LogP contribution in [0.25, 0.3) is 0 Å². The van der Waals surface area contributed by atoms with E-state index in [1.165, 1.54) is 18.0 Å². The van der Waals surface area contributed by atoms with E-state index in [4.69, 9.17) is 0 Å². The average molecular weight is 553 g/mol. The number of benzene rings is 1. The van der Waals surface area contributed by atoms with E-state index >= 15 is 0 Å². The molecule has 1 aromatic carbocycles. The van der Waals surface area contributed by atoms with Crippen molar-refractivity contribution < 1.29 is 39.5 Å². The van der Waals surface area contributed by atoms with Gasteiger partial charge in [0.15, 0.2) is 0 Å². The summed E-state index contributed by atoms with van der Waals surface area (Å²) in [4.78, 5) is 6.00. The van der Waals surface area contributed by atoms with Crippen molar-refractivity contribution >= 4 is 11.6 Å². The number of pyridine rings is 1. The average Bonchev–Trinajstić information content (AvgIpc) is 3.25. The van der Waals surface area contributed by atoms with Crippen molar-refractivity contribution in [1.29, 1.82) is 0 Å². The van der Waals surface area contributed by atoms with Gasteiger partial charge in [0.2, 0.25) is 0 Å². The number of hydrogen-bond donors (Lipinski definition) is 1. The molecule has 206 valence electrons. The summed E-state index contributed by atoms with van der Waals surface area (Å²) < 4.78 is 121. The van der Waals surface area contributed by atoms with Gasteiger partial charge in [0.25, 0.3) is 5.95 Å². The Bertz CT molecular complexity index is 1270. The molecule has 0 saturated carbocycles. The van der Waals surface area contributed by atoms with Gasteiger partial charge in [-0.15, -0.1) is 5.10 Å². The van der Waals surface area contributed by atoms with Crippen molar-refractivity contribution in [3.05, 3.63) is 58.4 Å². The Hall–Kier alpha value is -3.59. The van der Waals surface area contributed by atoms with Gasteiger partial charge in [-0.05, 0) is 54.0 Å². The van der Waals surface area contributed by atoms with Gasteiger partial charge < -0.3 is 10.2 Å². The predicted molar refractivity (Wildman–Crippen MR) is 116 cm³/mol. The van der Waals surface area contributed by atoms with Crippen LogP contribution in [0.15, 0.2) is 30.3 Å². The molecule has 0 saturated heterocycles. The maximum atomic E-state index is 13.5. The lowest BCUT2D eigenvalue weighted by Gasteiger charge is -2.38. The highest BCUT2D eigenvalue weighted by Gasteiger charge is 2.40. The van der Waals surface area contributed by atoms with Crippen LogP contribution in [-0.4, -0.2) is 31.2 Å². The van der Waals surface area contributed by atoms with Crippen LogP contribution in [0.5, 0.6) is 0 Å². The molecule has 3 heterocycles. The Labute approximate surface area is 209 Å². The number of aryl methyl sites for hydroxylation is 1. The second-order valence-corrected chi connectivity index (χ2v) is 8.75. The maximum Gasteiger partial charge on any atom is 0.433 e. The predicted octanol–water partition coefficient (Wildman–Crippen LogP) is 6.00. The zero-order valence-corrected chi connectivity index (χ0v) is 19.7. The standard InChI is InChI=1S/C22H20F9N7/c1-3-14-9-16(18-15(32-14)4-5-17(33-18)22(29,30)31)38(19-34-36-37(2)35-19)10-11-6-12(20(23,24)25)8-13(7-11)21(26,27)28/h4-8,14,16,32H,3,9-10H2,1-2H3/t14-,16+/m1/s1. The molecule has 0 fully saturated rings. The molecule has 0 aliphatic carbocycles. The molecule has 2 atom stereocenters. The Balaban J connectivity index is 1.87. The summed E-state index contributed by atoms with van der Waals surface area (Å²) >= 11 is 0. The van der Waals surface area contributed by atoms with Crippen molar-refractivity contribution in [1.82, 2.24) is 25.2 Å². The summed E-state index contributed by atoms with van der Waals surface area (Å²) in [7, 11) is 1.38. The zero-order valence-electron chi connectivity index (χ0n) is 19.7. The molecule has 0 radical (unpaired) electrons. The van der Waals surface area contributed by atoms with Crippen molar-refractivity contribution in [2.24, 2.45) is 7.05 Å². The highest BCUT2D eigenvalue weighted by molar-refractivity contribution is 5.56. The molecule has 2 aromatic heterocycles. The van der Waals surface area contributed by atoms with Gasteiger partial charge in [0.1, 0.15) is 5.69 Å². The quantitative estimate of drug-likeness (QED) is 0.391. The summed E-state index contributed by atoms with van der Waals surface area (Å²) in [6.45, 7) is 1.21. The van der Waals surface area contributed by atoms with Crippen molar-refractivity contribution in [2.45, 2.75) is 56.9 Å². The van der Waals surface area contributed by atoms with Crippen LogP contribution in [-0.2, 0) is 32.1 Å². The molecular formula is C22H20F9N7. The van der Waals surface area contributed by atoms with Crippen LogP contribution in [0.1, 0.15) is 53.9 Å². The van der Waals surface area contributed by atoms with E-state index < -0.39 is 53.5 Å². The Kier molecular flexibility index (Phi) is 6.95. The number of halogens is 9. The first-order valence-corrected chi connectivity index (χ1v) is 11.2. The van der Waals surface area contributed by atoms with Crippen molar-refractivity contribution in [2.75, 3.05) is 10.2 Å².